The summed E-state index contributed by atoms with van der Waals surface area (Å²) in [6.45, 7) is 4.93. The molecule has 1 fully saturated rings. The van der Waals surface area contributed by atoms with Crippen molar-refractivity contribution in [2.24, 2.45) is 10.9 Å². The number of allylic oxidation sites excluding steroid dienone is 7. The zero-order chi connectivity index (χ0) is 34.2. The summed E-state index contributed by atoms with van der Waals surface area (Å²) in [5.74, 6) is 1.93. The van der Waals surface area contributed by atoms with Gasteiger partial charge in [0.15, 0.2) is 0 Å². The van der Waals surface area contributed by atoms with Gasteiger partial charge in [0.2, 0.25) is 0 Å². The summed E-state index contributed by atoms with van der Waals surface area (Å²) in [5, 5.41) is 7.59. The summed E-state index contributed by atoms with van der Waals surface area (Å²) in [7, 11) is 0. The van der Waals surface area contributed by atoms with Gasteiger partial charge in [0.1, 0.15) is 18.2 Å². The number of rotatable bonds is 4. The molecule has 4 unspecified atom stereocenters. The number of fused-ring (bicyclic) bond motifs is 8. The molecule has 1 heterocycles. The smallest absolute Gasteiger partial charge is 0.129 e. The van der Waals surface area contributed by atoms with Gasteiger partial charge in [-0.15, -0.1) is 0 Å². The Morgan fingerprint density at radius 1 is 0.745 bits per heavy atom. The van der Waals surface area contributed by atoms with Crippen LogP contribution in [0, 0.1) is 5.92 Å². The molecule has 3 heteroatoms. The van der Waals surface area contributed by atoms with E-state index >= 15 is 0 Å². The number of aliphatic imine (C=N–C) groups is 1. The van der Waals surface area contributed by atoms with Gasteiger partial charge in [-0.1, -0.05) is 161 Å². The summed E-state index contributed by atoms with van der Waals surface area (Å²) in [6, 6.07) is 36.4. The number of nitrogens with zero attached hydrogens (tertiary/aromatic N) is 1. The van der Waals surface area contributed by atoms with Gasteiger partial charge in [0.05, 0.1) is 0 Å². The van der Waals surface area contributed by atoms with Crippen molar-refractivity contribution in [1.82, 2.24) is 10.6 Å². The summed E-state index contributed by atoms with van der Waals surface area (Å²) in [5.41, 5.74) is 15.9. The third-order valence-electron chi connectivity index (χ3n) is 13.1. The Kier molecular flexibility index (Phi) is 7.26. The second kappa shape index (κ2) is 11.9. The van der Waals surface area contributed by atoms with E-state index in [2.05, 4.69) is 152 Å². The van der Waals surface area contributed by atoms with Gasteiger partial charge in [-0.2, -0.15) is 0 Å². The minimum absolute atomic E-state index is 0.0430. The minimum atomic E-state index is -0.108. The predicted octanol–water partition coefficient (Wildman–Crippen LogP) is 11.1. The first kappa shape index (κ1) is 31.0. The van der Waals surface area contributed by atoms with Crippen molar-refractivity contribution in [1.29, 1.82) is 0 Å². The molecular formula is C48H47N3. The zero-order valence-corrected chi connectivity index (χ0v) is 29.8. The standard InChI is InChI=1S/C48H47N3/c1-47(2)40-22-11-10-19-36(40)38-30-42-39(29-41(38)47)37-21-14-20-35(43(37)48(42)27-12-5-13-28-48)31-23-25-34(26-24-31)46-50-44(32-15-6-3-7-16-32)49-45(51-46)33-17-8-4-9-18-33/h3-4,6-8,10-11,14-17,19-26,29-30,38,41,44,46,50H,5,9,12-13,18,27-28H2,1-2H3,(H,49,51). The molecule has 254 valence electrons. The lowest BCUT2D eigenvalue weighted by Gasteiger charge is -2.40. The Bertz CT molecular complexity index is 2170. The van der Waals surface area contributed by atoms with Crippen molar-refractivity contribution in [3.05, 3.63) is 172 Å². The van der Waals surface area contributed by atoms with Crippen LogP contribution in [0.4, 0.5) is 0 Å². The Labute approximate surface area is 303 Å². The molecule has 1 saturated carbocycles. The van der Waals surface area contributed by atoms with E-state index in [0.29, 0.717) is 11.8 Å². The summed E-state index contributed by atoms with van der Waals surface area (Å²) in [4.78, 5) is 5.16. The van der Waals surface area contributed by atoms with Crippen LogP contribution in [-0.2, 0) is 10.8 Å². The van der Waals surface area contributed by atoms with Crippen LogP contribution in [0.3, 0.4) is 0 Å². The van der Waals surface area contributed by atoms with Crippen molar-refractivity contribution >= 4 is 11.4 Å². The van der Waals surface area contributed by atoms with Gasteiger partial charge in [0, 0.05) is 11.3 Å². The van der Waals surface area contributed by atoms with Crippen LogP contribution in [-0.4, -0.2) is 5.84 Å². The highest BCUT2D eigenvalue weighted by Crippen LogP contribution is 2.64. The first-order valence-electron chi connectivity index (χ1n) is 19.3. The lowest BCUT2D eigenvalue weighted by Crippen LogP contribution is -2.45. The molecule has 4 aromatic carbocycles. The van der Waals surface area contributed by atoms with Crippen LogP contribution in [0.15, 0.2) is 144 Å². The molecule has 0 radical (unpaired) electrons. The van der Waals surface area contributed by atoms with Crippen LogP contribution in [0.5, 0.6) is 0 Å². The molecule has 5 aliphatic carbocycles. The molecule has 51 heavy (non-hydrogen) atoms. The fourth-order valence-electron chi connectivity index (χ4n) is 10.6. The first-order chi connectivity index (χ1) is 25.0. The fraction of sp³-hybridized carbons (Fsp3) is 0.312. The molecule has 0 aromatic heterocycles. The van der Waals surface area contributed by atoms with Crippen molar-refractivity contribution in [3.8, 4) is 11.1 Å². The van der Waals surface area contributed by atoms with Crippen LogP contribution >= 0.6 is 0 Å². The molecule has 3 nitrogen and oxygen atoms in total. The SMILES string of the molecule is CC1(C)c2ccccc2C2C=C3C(=CC21)c1cccc(-c2ccc(C4NC(C5=CC=CCC5)=NC(c5ccccc5)N4)cc2)c1C31CCCCC1. The van der Waals surface area contributed by atoms with E-state index < -0.39 is 0 Å². The number of nitrogens with one attached hydrogen (secondary N) is 2. The fourth-order valence-corrected chi connectivity index (χ4v) is 10.6. The van der Waals surface area contributed by atoms with E-state index in [1.807, 2.05) is 0 Å². The van der Waals surface area contributed by atoms with Crippen molar-refractivity contribution in [3.63, 3.8) is 0 Å². The van der Waals surface area contributed by atoms with E-state index in [1.54, 1.807) is 11.1 Å². The molecule has 0 saturated heterocycles. The Morgan fingerprint density at radius 2 is 1.53 bits per heavy atom. The summed E-state index contributed by atoms with van der Waals surface area (Å²) in [6.07, 6.45) is 20.4. The third kappa shape index (κ3) is 4.84. The van der Waals surface area contributed by atoms with E-state index in [1.165, 1.54) is 82.2 Å². The maximum absolute atomic E-state index is 5.16. The van der Waals surface area contributed by atoms with Crippen molar-refractivity contribution < 1.29 is 0 Å². The molecule has 1 aliphatic heterocycles. The second-order valence-corrected chi connectivity index (χ2v) is 16.2. The molecule has 10 rings (SSSR count). The molecule has 0 bridgehead atoms. The quantitative estimate of drug-likeness (QED) is 0.228. The number of benzene rings is 4. The molecule has 4 atom stereocenters. The van der Waals surface area contributed by atoms with Crippen molar-refractivity contribution in [2.75, 3.05) is 0 Å². The van der Waals surface area contributed by atoms with E-state index in [0.717, 1.165) is 18.7 Å². The Hall–Kier alpha value is -4.73. The van der Waals surface area contributed by atoms with Crippen molar-refractivity contribution in [2.45, 2.75) is 87.9 Å². The maximum Gasteiger partial charge on any atom is 0.129 e. The Balaban J connectivity index is 1.03. The highest BCUT2D eigenvalue weighted by molar-refractivity contribution is 5.99. The summed E-state index contributed by atoms with van der Waals surface area (Å²) < 4.78 is 0. The van der Waals surface area contributed by atoms with Crippen LogP contribution in [0.25, 0.3) is 16.7 Å². The van der Waals surface area contributed by atoms with Gasteiger partial charge in [-0.25, -0.2) is 4.99 Å². The maximum atomic E-state index is 5.16. The van der Waals surface area contributed by atoms with Crippen LogP contribution in [0.1, 0.15) is 110 Å². The van der Waals surface area contributed by atoms with E-state index in [9.17, 15) is 0 Å². The lowest BCUT2D eigenvalue weighted by molar-refractivity contribution is 0.346. The molecule has 4 aromatic rings. The largest absolute Gasteiger partial charge is 0.351 e. The topological polar surface area (TPSA) is 36.4 Å². The summed E-state index contributed by atoms with van der Waals surface area (Å²) >= 11 is 0. The number of hydrogen-bond donors (Lipinski definition) is 2. The van der Waals surface area contributed by atoms with Crippen LogP contribution < -0.4 is 10.6 Å². The molecule has 1 spiro atoms. The average molecular weight is 666 g/mol. The van der Waals surface area contributed by atoms with Crippen LogP contribution in [0.2, 0.25) is 0 Å². The molecule has 6 aliphatic rings. The molecular weight excluding hydrogens is 619 g/mol. The lowest BCUT2D eigenvalue weighted by atomic mass is 9.63. The number of amidine groups is 1. The number of hydrogen-bond acceptors (Lipinski definition) is 3. The Morgan fingerprint density at radius 3 is 2.33 bits per heavy atom. The predicted molar refractivity (Wildman–Crippen MR) is 210 cm³/mol. The first-order valence-corrected chi connectivity index (χ1v) is 19.3. The van der Waals surface area contributed by atoms with E-state index in [4.69, 9.17) is 4.99 Å². The van der Waals surface area contributed by atoms with Gasteiger partial charge in [0.25, 0.3) is 0 Å². The monoisotopic (exact) mass is 665 g/mol. The third-order valence-corrected chi connectivity index (χ3v) is 13.1. The van der Waals surface area contributed by atoms with Gasteiger partial charge >= 0.3 is 0 Å². The normalized spacial score (nSPS) is 26.5. The molecule has 0 amide bonds. The van der Waals surface area contributed by atoms with Gasteiger partial charge in [-0.05, 0) is 98.2 Å². The second-order valence-electron chi connectivity index (χ2n) is 16.2. The van der Waals surface area contributed by atoms with E-state index in [-0.39, 0.29) is 23.2 Å². The average Bonchev–Trinajstić information content (AvgIpc) is 3.59. The minimum Gasteiger partial charge on any atom is -0.351 e. The highest BCUT2D eigenvalue weighted by atomic mass is 15.3. The zero-order valence-electron chi connectivity index (χ0n) is 29.8. The molecule has 2 N–H and O–H groups in total. The van der Waals surface area contributed by atoms with Gasteiger partial charge in [-0.3, -0.25) is 5.32 Å². The van der Waals surface area contributed by atoms with Gasteiger partial charge < -0.3 is 5.32 Å². The highest BCUT2D eigenvalue weighted by Gasteiger charge is 2.53.